The highest BCUT2D eigenvalue weighted by Gasteiger charge is 2.23. The van der Waals surface area contributed by atoms with Gasteiger partial charge in [-0.1, -0.05) is 6.07 Å². The topological polar surface area (TPSA) is 71.4 Å². The Hall–Kier alpha value is -3.02. The van der Waals surface area contributed by atoms with E-state index in [0.29, 0.717) is 30.0 Å². The average molecular weight is 326 g/mol. The van der Waals surface area contributed by atoms with Crippen LogP contribution < -0.4 is 9.47 Å². The molecule has 2 aromatic carbocycles. The predicted octanol–water partition coefficient (Wildman–Crippen LogP) is 2.66. The minimum Gasteiger partial charge on any atom is -0.508 e. The van der Waals surface area contributed by atoms with Crippen molar-refractivity contribution in [1.29, 1.82) is 0 Å². The van der Waals surface area contributed by atoms with E-state index < -0.39 is 0 Å². The highest BCUT2D eigenvalue weighted by molar-refractivity contribution is 6.04. The van der Waals surface area contributed by atoms with Gasteiger partial charge in [-0.3, -0.25) is 4.79 Å². The summed E-state index contributed by atoms with van der Waals surface area (Å²) in [4.78, 5) is 12.5. The van der Waals surface area contributed by atoms with E-state index in [1.165, 1.54) is 17.1 Å². The second-order valence-corrected chi connectivity index (χ2v) is 5.35. The molecule has 3 rings (SSSR count). The van der Waals surface area contributed by atoms with Crippen molar-refractivity contribution in [2.24, 2.45) is 5.10 Å². The molecule has 1 aliphatic heterocycles. The Kier molecular flexibility index (Phi) is 4.37. The van der Waals surface area contributed by atoms with Crippen LogP contribution in [0.4, 0.5) is 0 Å². The maximum absolute atomic E-state index is 12.5. The van der Waals surface area contributed by atoms with Crippen LogP contribution in [0, 0.1) is 0 Å². The molecule has 24 heavy (non-hydrogen) atoms. The molecule has 0 saturated heterocycles. The molecule has 0 unspecified atom stereocenters. The molecule has 2 aromatic rings. The maximum Gasteiger partial charge on any atom is 0.274 e. The fourth-order valence-corrected chi connectivity index (χ4v) is 2.61. The van der Waals surface area contributed by atoms with Crippen molar-refractivity contribution >= 4 is 11.6 Å². The van der Waals surface area contributed by atoms with Gasteiger partial charge in [0.05, 0.1) is 26.5 Å². The molecule has 0 fully saturated rings. The Bertz CT molecular complexity index is 801. The van der Waals surface area contributed by atoms with Gasteiger partial charge in [0, 0.05) is 17.5 Å². The fraction of sp³-hybridized carbons (Fsp3) is 0.222. The standard InChI is InChI=1S/C18H18N2O4/c1-23-16-7-6-12(11-17(16)24-2)15-8-9-20(19-15)18(22)13-4-3-5-14(21)10-13/h3-7,10-11,21H,8-9H2,1-2H3. The molecule has 0 saturated carbocycles. The van der Waals surface area contributed by atoms with Crippen LogP contribution in [0.3, 0.4) is 0 Å². The van der Waals surface area contributed by atoms with E-state index in [4.69, 9.17) is 9.47 Å². The summed E-state index contributed by atoms with van der Waals surface area (Å²) in [6.45, 7) is 0.498. The zero-order valence-corrected chi connectivity index (χ0v) is 13.5. The Morgan fingerprint density at radius 2 is 1.92 bits per heavy atom. The number of aromatic hydroxyl groups is 1. The SMILES string of the molecule is COc1ccc(C2=NN(C(=O)c3cccc(O)c3)CC2)cc1OC. The smallest absolute Gasteiger partial charge is 0.274 e. The van der Waals surface area contributed by atoms with Crippen LogP contribution in [-0.2, 0) is 0 Å². The van der Waals surface area contributed by atoms with Gasteiger partial charge in [0.1, 0.15) is 5.75 Å². The van der Waals surface area contributed by atoms with Gasteiger partial charge < -0.3 is 14.6 Å². The largest absolute Gasteiger partial charge is 0.508 e. The third kappa shape index (κ3) is 3.03. The Balaban J connectivity index is 1.84. The lowest BCUT2D eigenvalue weighted by molar-refractivity contribution is 0.0778. The highest BCUT2D eigenvalue weighted by atomic mass is 16.5. The van der Waals surface area contributed by atoms with Gasteiger partial charge in [-0.25, -0.2) is 5.01 Å². The third-order valence-corrected chi connectivity index (χ3v) is 3.85. The number of methoxy groups -OCH3 is 2. The van der Waals surface area contributed by atoms with E-state index in [1.54, 1.807) is 26.4 Å². The molecule has 0 atom stereocenters. The second-order valence-electron chi connectivity index (χ2n) is 5.35. The summed E-state index contributed by atoms with van der Waals surface area (Å²) in [6, 6.07) is 11.8. The summed E-state index contributed by atoms with van der Waals surface area (Å²) in [6.07, 6.45) is 0.653. The number of phenols is 1. The van der Waals surface area contributed by atoms with Crippen LogP contribution in [0.15, 0.2) is 47.6 Å². The zero-order chi connectivity index (χ0) is 17.1. The van der Waals surface area contributed by atoms with E-state index in [2.05, 4.69) is 5.10 Å². The summed E-state index contributed by atoms with van der Waals surface area (Å²) >= 11 is 0. The number of amides is 1. The molecule has 0 bridgehead atoms. The first-order chi connectivity index (χ1) is 11.6. The number of ether oxygens (including phenoxy) is 2. The summed E-state index contributed by atoms with van der Waals surface area (Å²) in [5.41, 5.74) is 2.11. The van der Waals surface area contributed by atoms with Gasteiger partial charge in [-0.05, 0) is 36.4 Å². The van der Waals surface area contributed by atoms with Gasteiger partial charge in [0.25, 0.3) is 5.91 Å². The van der Waals surface area contributed by atoms with Gasteiger partial charge in [-0.15, -0.1) is 0 Å². The number of benzene rings is 2. The van der Waals surface area contributed by atoms with Crippen molar-refractivity contribution in [1.82, 2.24) is 5.01 Å². The minimum atomic E-state index is -0.235. The zero-order valence-electron chi connectivity index (χ0n) is 13.5. The molecular formula is C18H18N2O4. The number of carbonyl (C=O) groups is 1. The molecule has 0 aromatic heterocycles. The van der Waals surface area contributed by atoms with Crippen LogP contribution in [0.1, 0.15) is 22.3 Å². The first-order valence-electron chi connectivity index (χ1n) is 7.53. The molecule has 6 heteroatoms. The third-order valence-electron chi connectivity index (χ3n) is 3.85. The van der Waals surface area contributed by atoms with Gasteiger partial charge in [0.2, 0.25) is 0 Å². The summed E-state index contributed by atoms with van der Waals surface area (Å²) in [5, 5.41) is 15.3. The number of hydrogen-bond donors (Lipinski definition) is 1. The minimum absolute atomic E-state index is 0.0594. The van der Waals surface area contributed by atoms with Gasteiger partial charge >= 0.3 is 0 Å². The van der Waals surface area contributed by atoms with E-state index in [9.17, 15) is 9.90 Å². The summed E-state index contributed by atoms with van der Waals surface area (Å²) in [5.74, 6) is 1.09. The van der Waals surface area contributed by atoms with E-state index in [1.807, 2.05) is 18.2 Å². The predicted molar refractivity (Wildman–Crippen MR) is 89.8 cm³/mol. The lowest BCUT2D eigenvalue weighted by Gasteiger charge is -2.11. The number of carbonyl (C=O) groups excluding carboxylic acids is 1. The number of rotatable bonds is 4. The normalized spacial score (nSPS) is 13.6. The Morgan fingerprint density at radius 1 is 1.12 bits per heavy atom. The summed E-state index contributed by atoms with van der Waals surface area (Å²) in [7, 11) is 3.16. The maximum atomic E-state index is 12.5. The van der Waals surface area contributed by atoms with Crippen LogP contribution in [0.5, 0.6) is 17.2 Å². The van der Waals surface area contributed by atoms with E-state index >= 15 is 0 Å². The van der Waals surface area contributed by atoms with E-state index in [-0.39, 0.29) is 11.7 Å². The number of hydrogen-bond acceptors (Lipinski definition) is 5. The molecule has 1 aliphatic rings. The van der Waals surface area contributed by atoms with Gasteiger partial charge in [-0.2, -0.15) is 5.10 Å². The van der Waals surface area contributed by atoms with Crippen molar-refractivity contribution in [3.05, 3.63) is 53.6 Å². The molecule has 6 nitrogen and oxygen atoms in total. The number of phenolic OH excluding ortho intramolecular Hbond substituents is 1. The Labute approximate surface area is 139 Å². The van der Waals surface area contributed by atoms with Crippen molar-refractivity contribution in [3.8, 4) is 17.2 Å². The second kappa shape index (κ2) is 6.62. The Morgan fingerprint density at radius 3 is 2.62 bits per heavy atom. The highest BCUT2D eigenvalue weighted by Crippen LogP contribution is 2.29. The average Bonchev–Trinajstić information content (AvgIpc) is 3.10. The molecule has 0 spiro atoms. The lowest BCUT2D eigenvalue weighted by Crippen LogP contribution is -2.23. The molecule has 0 aliphatic carbocycles. The van der Waals surface area contributed by atoms with Crippen LogP contribution >= 0.6 is 0 Å². The number of nitrogens with zero attached hydrogens (tertiary/aromatic N) is 2. The van der Waals surface area contributed by atoms with Crippen LogP contribution in [0.2, 0.25) is 0 Å². The molecule has 124 valence electrons. The van der Waals surface area contributed by atoms with Crippen molar-refractivity contribution < 1.29 is 19.4 Å². The lowest BCUT2D eigenvalue weighted by atomic mass is 10.1. The van der Waals surface area contributed by atoms with Crippen LogP contribution in [0.25, 0.3) is 0 Å². The molecule has 0 radical (unpaired) electrons. The fourth-order valence-electron chi connectivity index (χ4n) is 2.61. The first kappa shape index (κ1) is 15.9. The summed E-state index contributed by atoms with van der Waals surface area (Å²) < 4.78 is 10.5. The molecular weight excluding hydrogens is 308 g/mol. The molecule has 1 heterocycles. The quantitative estimate of drug-likeness (QED) is 0.937. The number of hydrazone groups is 1. The van der Waals surface area contributed by atoms with E-state index in [0.717, 1.165) is 11.3 Å². The molecule has 1 amide bonds. The van der Waals surface area contributed by atoms with Crippen molar-refractivity contribution in [2.45, 2.75) is 6.42 Å². The van der Waals surface area contributed by atoms with Crippen molar-refractivity contribution in [2.75, 3.05) is 20.8 Å². The van der Waals surface area contributed by atoms with Gasteiger partial charge in [0.15, 0.2) is 11.5 Å². The van der Waals surface area contributed by atoms with Crippen LogP contribution in [-0.4, -0.2) is 42.5 Å². The first-order valence-corrected chi connectivity index (χ1v) is 7.53. The van der Waals surface area contributed by atoms with Crippen molar-refractivity contribution in [3.63, 3.8) is 0 Å². The monoisotopic (exact) mass is 326 g/mol. The molecule has 1 N–H and O–H groups in total.